The third-order valence-electron chi connectivity index (χ3n) is 4.46. The highest BCUT2D eigenvalue weighted by atomic mass is 127. The van der Waals surface area contributed by atoms with Crippen molar-refractivity contribution < 1.29 is 8.42 Å². The van der Waals surface area contributed by atoms with Gasteiger partial charge >= 0.3 is 0 Å². The van der Waals surface area contributed by atoms with Crippen molar-refractivity contribution in [2.45, 2.75) is 54.0 Å². The zero-order valence-electron chi connectivity index (χ0n) is 11.6. The molecular weight excluding hydrogens is 385 g/mol. The highest BCUT2D eigenvalue weighted by molar-refractivity contribution is 14.1. The van der Waals surface area contributed by atoms with Crippen LogP contribution in [0, 0.1) is 12.8 Å². The van der Waals surface area contributed by atoms with Crippen molar-refractivity contribution in [1.82, 2.24) is 4.31 Å². The van der Waals surface area contributed by atoms with Crippen LogP contribution in [0.4, 0.5) is 0 Å². The molecule has 0 amide bonds. The Bertz CT molecular complexity index is 578. The van der Waals surface area contributed by atoms with E-state index in [1.54, 1.807) is 16.4 Å². The SMILES string of the molecule is Cc1ccc(S(=O)(=O)N2C(I)C2C2CCCCC2)cc1. The highest BCUT2D eigenvalue weighted by Gasteiger charge is 2.57. The van der Waals surface area contributed by atoms with Crippen molar-refractivity contribution in [1.29, 1.82) is 0 Å². The first-order chi connectivity index (χ1) is 9.51. The maximum atomic E-state index is 12.7. The molecule has 2 aliphatic rings. The lowest BCUT2D eigenvalue weighted by Gasteiger charge is -2.21. The van der Waals surface area contributed by atoms with Crippen molar-refractivity contribution in [2.75, 3.05) is 0 Å². The van der Waals surface area contributed by atoms with E-state index in [0.29, 0.717) is 10.8 Å². The quantitative estimate of drug-likeness (QED) is 0.333. The van der Waals surface area contributed by atoms with Gasteiger partial charge < -0.3 is 0 Å². The van der Waals surface area contributed by atoms with Gasteiger partial charge in [-0.2, -0.15) is 4.31 Å². The van der Waals surface area contributed by atoms with E-state index in [2.05, 4.69) is 22.6 Å². The van der Waals surface area contributed by atoms with E-state index in [1.807, 2.05) is 19.1 Å². The molecule has 0 bridgehead atoms. The van der Waals surface area contributed by atoms with Crippen LogP contribution in [0.15, 0.2) is 29.2 Å². The molecule has 110 valence electrons. The molecule has 1 aromatic rings. The molecule has 1 aromatic carbocycles. The Balaban J connectivity index is 1.80. The lowest BCUT2D eigenvalue weighted by atomic mass is 9.87. The molecule has 2 fully saturated rings. The predicted octanol–water partition coefficient (Wildman–Crippen LogP) is 3.71. The Morgan fingerprint density at radius 1 is 1.10 bits per heavy atom. The third kappa shape index (κ3) is 2.64. The largest absolute Gasteiger partial charge is 0.244 e. The number of halogens is 1. The third-order valence-corrected chi connectivity index (χ3v) is 8.07. The minimum Gasteiger partial charge on any atom is -0.207 e. The van der Waals surface area contributed by atoms with Gasteiger partial charge in [-0.25, -0.2) is 8.42 Å². The molecule has 3 nitrogen and oxygen atoms in total. The minimum absolute atomic E-state index is 0.141. The summed E-state index contributed by atoms with van der Waals surface area (Å²) in [6.07, 6.45) is 6.18. The lowest BCUT2D eigenvalue weighted by Crippen LogP contribution is -2.21. The van der Waals surface area contributed by atoms with Crippen LogP contribution >= 0.6 is 22.6 Å². The topological polar surface area (TPSA) is 37.1 Å². The lowest BCUT2D eigenvalue weighted by molar-refractivity contribution is 0.336. The molecule has 3 atom stereocenters. The molecule has 0 N–H and O–H groups in total. The number of alkyl halides is 1. The maximum absolute atomic E-state index is 12.7. The van der Waals surface area contributed by atoms with E-state index in [1.165, 1.54) is 32.1 Å². The van der Waals surface area contributed by atoms with Crippen molar-refractivity contribution in [3.63, 3.8) is 0 Å². The summed E-state index contributed by atoms with van der Waals surface area (Å²) in [6, 6.07) is 7.42. The number of nitrogens with zero attached hydrogens (tertiary/aromatic N) is 1. The predicted molar refractivity (Wildman–Crippen MR) is 88.4 cm³/mol. The summed E-state index contributed by atoms with van der Waals surface area (Å²) < 4.78 is 27.2. The number of rotatable bonds is 3. The van der Waals surface area contributed by atoms with Crippen LogP contribution in [0.3, 0.4) is 0 Å². The van der Waals surface area contributed by atoms with Crippen LogP contribution in [0.5, 0.6) is 0 Å². The summed E-state index contributed by atoms with van der Waals surface area (Å²) in [5.74, 6) is 0.561. The maximum Gasteiger partial charge on any atom is 0.244 e. The second-order valence-electron chi connectivity index (χ2n) is 5.91. The van der Waals surface area contributed by atoms with Gasteiger partial charge in [0.2, 0.25) is 10.0 Å². The van der Waals surface area contributed by atoms with Gasteiger partial charge in [0.15, 0.2) is 0 Å². The first kappa shape index (κ1) is 14.8. The van der Waals surface area contributed by atoms with Crippen LogP contribution in [-0.2, 0) is 10.0 Å². The summed E-state index contributed by atoms with van der Waals surface area (Å²) >= 11 is 2.29. The van der Waals surface area contributed by atoms with Gasteiger partial charge in [-0.3, -0.25) is 0 Å². The number of hydrogen-bond donors (Lipinski definition) is 0. The molecule has 20 heavy (non-hydrogen) atoms. The number of aryl methyl sites for hydroxylation is 1. The van der Waals surface area contributed by atoms with E-state index < -0.39 is 10.0 Å². The molecule has 5 heteroatoms. The van der Waals surface area contributed by atoms with Gasteiger partial charge in [0.05, 0.1) is 15.0 Å². The fourth-order valence-electron chi connectivity index (χ4n) is 3.23. The van der Waals surface area contributed by atoms with E-state index in [4.69, 9.17) is 0 Å². The number of hydrogen-bond acceptors (Lipinski definition) is 2. The van der Waals surface area contributed by atoms with Crippen molar-refractivity contribution in [3.05, 3.63) is 29.8 Å². The second-order valence-corrected chi connectivity index (χ2v) is 9.03. The van der Waals surface area contributed by atoms with Gasteiger partial charge in [0, 0.05) is 0 Å². The Morgan fingerprint density at radius 3 is 2.30 bits per heavy atom. The number of sulfonamides is 1. The summed E-state index contributed by atoms with van der Waals surface area (Å²) in [5, 5.41) is 0. The van der Waals surface area contributed by atoms with E-state index in [-0.39, 0.29) is 10.1 Å². The van der Waals surface area contributed by atoms with E-state index in [0.717, 1.165) is 5.56 Å². The molecule has 0 spiro atoms. The first-order valence-electron chi connectivity index (χ1n) is 7.26. The molecule has 3 rings (SSSR count). The molecular formula is C15H20INO2S. The van der Waals surface area contributed by atoms with Crippen LogP contribution in [0.25, 0.3) is 0 Å². The average molecular weight is 405 g/mol. The van der Waals surface area contributed by atoms with Crippen LogP contribution in [-0.4, -0.2) is 22.8 Å². The average Bonchev–Trinajstić information content (AvgIpc) is 3.13. The van der Waals surface area contributed by atoms with E-state index >= 15 is 0 Å². The molecule has 1 heterocycles. The summed E-state index contributed by atoms with van der Waals surface area (Å²) in [5.41, 5.74) is 1.09. The first-order valence-corrected chi connectivity index (χ1v) is 9.94. The molecule has 0 radical (unpaired) electrons. The van der Waals surface area contributed by atoms with Gasteiger partial charge in [-0.1, -0.05) is 59.5 Å². The zero-order chi connectivity index (χ0) is 14.3. The van der Waals surface area contributed by atoms with Crippen molar-refractivity contribution >= 4 is 32.6 Å². The number of benzene rings is 1. The smallest absolute Gasteiger partial charge is 0.207 e. The van der Waals surface area contributed by atoms with Gasteiger partial charge in [0.1, 0.15) is 0 Å². The molecule has 1 saturated carbocycles. The van der Waals surface area contributed by atoms with E-state index in [9.17, 15) is 8.42 Å². The molecule has 3 unspecified atom stereocenters. The molecule has 1 aliphatic heterocycles. The fraction of sp³-hybridized carbons (Fsp3) is 0.600. The Labute approximate surface area is 134 Å². The summed E-state index contributed by atoms with van der Waals surface area (Å²) in [7, 11) is -3.30. The zero-order valence-corrected chi connectivity index (χ0v) is 14.6. The second kappa shape index (κ2) is 5.57. The van der Waals surface area contributed by atoms with Crippen LogP contribution in [0.1, 0.15) is 37.7 Å². The van der Waals surface area contributed by atoms with Crippen LogP contribution < -0.4 is 0 Å². The molecule has 1 saturated heterocycles. The Kier molecular flexibility index (Phi) is 4.12. The minimum atomic E-state index is -3.30. The van der Waals surface area contributed by atoms with Crippen molar-refractivity contribution in [3.8, 4) is 0 Å². The van der Waals surface area contributed by atoms with Gasteiger partial charge in [0.25, 0.3) is 0 Å². The van der Waals surface area contributed by atoms with Gasteiger partial charge in [-0.05, 0) is 37.8 Å². The standard InChI is InChI=1S/C15H20INO2S/c1-11-7-9-13(10-8-11)20(18,19)17-14(15(17)16)12-5-3-2-4-6-12/h7-10,12,14-15H,2-6H2,1H3. The summed E-state index contributed by atoms with van der Waals surface area (Å²) in [4.78, 5) is 0.433. The Morgan fingerprint density at radius 2 is 1.70 bits per heavy atom. The fourth-order valence-corrected chi connectivity index (χ4v) is 7.14. The van der Waals surface area contributed by atoms with Crippen molar-refractivity contribution in [2.24, 2.45) is 5.92 Å². The Hall–Kier alpha value is -0.140. The monoisotopic (exact) mass is 405 g/mol. The van der Waals surface area contributed by atoms with Gasteiger partial charge in [-0.15, -0.1) is 0 Å². The molecule has 0 aromatic heterocycles. The molecule has 1 aliphatic carbocycles. The normalized spacial score (nSPS) is 31.2. The summed E-state index contributed by atoms with van der Waals surface area (Å²) in [6.45, 7) is 1.97. The van der Waals surface area contributed by atoms with Crippen LogP contribution in [0.2, 0.25) is 0 Å². The highest BCUT2D eigenvalue weighted by Crippen LogP contribution is 2.47.